The zero-order valence-corrected chi connectivity index (χ0v) is 13.0. The third kappa shape index (κ3) is 3.45. The molecular weight excluding hydrogens is 328 g/mol. The van der Waals surface area contributed by atoms with Gasteiger partial charge in [-0.1, -0.05) is 6.92 Å². The fourth-order valence-corrected chi connectivity index (χ4v) is 3.38. The molecule has 1 aliphatic rings. The van der Waals surface area contributed by atoms with E-state index >= 15 is 0 Å². The summed E-state index contributed by atoms with van der Waals surface area (Å²) >= 11 is 4.94. The second kappa shape index (κ2) is 6.34. The quantitative estimate of drug-likeness (QED) is 0.856. The molecule has 2 amide bonds. The summed E-state index contributed by atoms with van der Waals surface area (Å²) in [5.41, 5.74) is 0. The van der Waals surface area contributed by atoms with E-state index in [0.29, 0.717) is 19.5 Å². The van der Waals surface area contributed by atoms with Gasteiger partial charge in [0.2, 0.25) is 11.8 Å². The number of amides is 2. The molecule has 1 aromatic rings. The van der Waals surface area contributed by atoms with Gasteiger partial charge in [0.15, 0.2) is 0 Å². The van der Waals surface area contributed by atoms with E-state index < -0.39 is 0 Å². The van der Waals surface area contributed by atoms with E-state index in [9.17, 15) is 9.59 Å². The van der Waals surface area contributed by atoms with Crippen molar-refractivity contribution >= 4 is 45.2 Å². The van der Waals surface area contributed by atoms with Gasteiger partial charge in [-0.3, -0.25) is 9.59 Å². The van der Waals surface area contributed by atoms with E-state index in [1.54, 1.807) is 28.4 Å². The third-order valence-corrected chi connectivity index (χ3v) is 4.57. The first-order chi connectivity index (χ1) is 9.11. The highest BCUT2D eigenvalue weighted by Crippen LogP contribution is 2.23. The Morgan fingerprint density at radius 2 is 2.42 bits per heavy atom. The maximum Gasteiger partial charge on any atom is 0.247 e. The summed E-state index contributed by atoms with van der Waals surface area (Å²) in [4.78, 5) is 26.5. The Balaban J connectivity index is 2.06. The summed E-state index contributed by atoms with van der Waals surface area (Å²) in [6.07, 6.45) is 3.96. The van der Waals surface area contributed by atoms with Crippen molar-refractivity contribution in [3.63, 3.8) is 0 Å². The first-order valence-electron chi connectivity index (χ1n) is 6.13. The SMILES string of the molecule is CCC1C(=O)NCCN1C(=O)C=Cc1ccc(Br)s1. The number of nitrogens with one attached hydrogen (secondary N) is 1. The average molecular weight is 343 g/mol. The van der Waals surface area contributed by atoms with Crippen molar-refractivity contribution in [2.24, 2.45) is 0 Å². The molecule has 0 aromatic carbocycles. The van der Waals surface area contributed by atoms with Crippen molar-refractivity contribution in [3.8, 4) is 0 Å². The highest BCUT2D eigenvalue weighted by atomic mass is 79.9. The molecule has 6 heteroatoms. The van der Waals surface area contributed by atoms with Crippen LogP contribution in [0.3, 0.4) is 0 Å². The lowest BCUT2D eigenvalue weighted by atomic mass is 10.1. The standard InChI is InChI=1S/C13H15BrN2O2S/c1-2-10-13(18)15-7-8-16(10)12(17)6-4-9-3-5-11(14)19-9/h3-6,10H,2,7-8H2,1H3,(H,15,18). The Kier molecular flexibility index (Phi) is 4.76. The van der Waals surface area contributed by atoms with Crippen molar-refractivity contribution < 1.29 is 9.59 Å². The molecule has 102 valence electrons. The predicted molar refractivity (Wildman–Crippen MR) is 79.9 cm³/mol. The minimum absolute atomic E-state index is 0.0608. The molecule has 2 rings (SSSR count). The van der Waals surface area contributed by atoms with Crippen molar-refractivity contribution in [3.05, 3.63) is 26.9 Å². The van der Waals surface area contributed by atoms with Gasteiger partial charge in [-0.05, 0) is 40.6 Å². The molecule has 0 radical (unpaired) electrons. The normalized spacial score (nSPS) is 19.8. The summed E-state index contributed by atoms with van der Waals surface area (Å²) < 4.78 is 1.03. The van der Waals surface area contributed by atoms with E-state index in [-0.39, 0.29) is 17.9 Å². The van der Waals surface area contributed by atoms with E-state index in [0.717, 1.165) is 8.66 Å². The fraction of sp³-hybridized carbons (Fsp3) is 0.385. The number of thiophene rings is 1. The van der Waals surface area contributed by atoms with Crippen LogP contribution in [0.5, 0.6) is 0 Å². The van der Waals surface area contributed by atoms with Gasteiger partial charge in [0.25, 0.3) is 0 Å². The van der Waals surface area contributed by atoms with Crippen LogP contribution in [-0.2, 0) is 9.59 Å². The van der Waals surface area contributed by atoms with Gasteiger partial charge < -0.3 is 10.2 Å². The first-order valence-corrected chi connectivity index (χ1v) is 7.74. The summed E-state index contributed by atoms with van der Waals surface area (Å²) in [6.45, 7) is 3.01. The summed E-state index contributed by atoms with van der Waals surface area (Å²) in [6, 6.07) is 3.54. The largest absolute Gasteiger partial charge is 0.353 e. The van der Waals surface area contributed by atoms with E-state index in [4.69, 9.17) is 0 Å². The van der Waals surface area contributed by atoms with E-state index in [1.807, 2.05) is 19.1 Å². The Hall–Kier alpha value is -1.14. The highest BCUT2D eigenvalue weighted by Gasteiger charge is 2.30. The van der Waals surface area contributed by atoms with Crippen LogP contribution in [0.15, 0.2) is 22.0 Å². The van der Waals surface area contributed by atoms with Gasteiger partial charge in [0.1, 0.15) is 6.04 Å². The molecule has 1 saturated heterocycles. The van der Waals surface area contributed by atoms with Crippen LogP contribution in [0.2, 0.25) is 0 Å². The monoisotopic (exact) mass is 342 g/mol. The van der Waals surface area contributed by atoms with Gasteiger partial charge in [-0.25, -0.2) is 0 Å². The number of piperazine rings is 1. The molecular formula is C13H15BrN2O2S. The number of hydrogen-bond donors (Lipinski definition) is 1. The van der Waals surface area contributed by atoms with Crippen molar-refractivity contribution in [1.29, 1.82) is 0 Å². The van der Waals surface area contributed by atoms with Crippen LogP contribution in [0.25, 0.3) is 6.08 Å². The predicted octanol–water partition coefficient (Wildman–Crippen LogP) is 2.26. The van der Waals surface area contributed by atoms with Crippen LogP contribution < -0.4 is 5.32 Å². The lowest BCUT2D eigenvalue weighted by molar-refractivity contribution is -0.140. The molecule has 1 fully saturated rings. The molecule has 19 heavy (non-hydrogen) atoms. The molecule has 0 spiro atoms. The summed E-state index contributed by atoms with van der Waals surface area (Å²) in [7, 11) is 0. The van der Waals surface area contributed by atoms with Gasteiger partial charge in [0, 0.05) is 24.0 Å². The highest BCUT2D eigenvalue weighted by molar-refractivity contribution is 9.11. The Bertz CT molecular complexity index is 512. The topological polar surface area (TPSA) is 49.4 Å². The number of hydrogen-bond acceptors (Lipinski definition) is 3. The number of carbonyl (C=O) groups is 2. The molecule has 1 aromatic heterocycles. The lowest BCUT2D eigenvalue weighted by Gasteiger charge is -2.33. The maximum atomic E-state index is 12.1. The smallest absolute Gasteiger partial charge is 0.247 e. The summed E-state index contributed by atoms with van der Waals surface area (Å²) in [5.74, 6) is -0.166. The second-order valence-electron chi connectivity index (χ2n) is 4.22. The molecule has 2 heterocycles. The van der Waals surface area contributed by atoms with Gasteiger partial charge in [-0.15, -0.1) is 11.3 Å². The molecule has 1 aliphatic heterocycles. The van der Waals surface area contributed by atoms with E-state index in [2.05, 4.69) is 21.2 Å². The van der Waals surface area contributed by atoms with Crippen molar-refractivity contribution in [2.45, 2.75) is 19.4 Å². The first kappa shape index (κ1) is 14.3. The van der Waals surface area contributed by atoms with Crippen LogP contribution in [0.1, 0.15) is 18.2 Å². The minimum atomic E-state index is -0.346. The van der Waals surface area contributed by atoms with Crippen LogP contribution in [0.4, 0.5) is 0 Å². The fourth-order valence-electron chi connectivity index (χ4n) is 2.05. The van der Waals surface area contributed by atoms with Gasteiger partial charge in [-0.2, -0.15) is 0 Å². The molecule has 4 nitrogen and oxygen atoms in total. The molecule has 1 unspecified atom stereocenters. The molecule has 1 N–H and O–H groups in total. The zero-order chi connectivity index (χ0) is 13.8. The molecule has 1 atom stereocenters. The summed E-state index contributed by atoms with van der Waals surface area (Å²) in [5, 5.41) is 2.78. The van der Waals surface area contributed by atoms with E-state index in [1.165, 1.54) is 0 Å². The molecule has 0 saturated carbocycles. The minimum Gasteiger partial charge on any atom is -0.353 e. The zero-order valence-electron chi connectivity index (χ0n) is 10.6. The van der Waals surface area contributed by atoms with Crippen LogP contribution in [0, 0.1) is 0 Å². The number of carbonyl (C=O) groups excluding carboxylic acids is 2. The number of rotatable bonds is 3. The number of nitrogens with zero attached hydrogens (tertiary/aromatic N) is 1. The van der Waals surface area contributed by atoms with Gasteiger partial charge >= 0.3 is 0 Å². The van der Waals surface area contributed by atoms with Gasteiger partial charge in [0.05, 0.1) is 3.79 Å². The molecule has 0 bridgehead atoms. The third-order valence-electron chi connectivity index (χ3n) is 2.98. The second-order valence-corrected chi connectivity index (χ2v) is 6.72. The Morgan fingerprint density at radius 1 is 1.63 bits per heavy atom. The van der Waals surface area contributed by atoms with Crippen molar-refractivity contribution in [2.75, 3.05) is 13.1 Å². The van der Waals surface area contributed by atoms with Crippen molar-refractivity contribution in [1.82, 2.24) is 10.2 Å². The Morgan fingerprint density at radius 3 is 3.05 bits per heavy atom. The van der Waals surface area contributed by atoms with Crippen LogP contribution >= 0.6 is 27.3 Å². The lowest BCUT2D eigenvalue weighted by Crippen LogP contribution is -2.56. The molecule has 0 aliphatic carbocycles. The van der Waals surface area contributed by atoms with Crippen LogP contribution in [-0.4, -0.2) is 35.8 Å². The Labute approximate surface area is 124 Å². The average Bonchev–Trinajstić information content (AvgIpc) is 2.81. The maximum absolute atomic E-state index is 12.1. The number of halogens is 1.